The standard InChI is InChI=1S/C24H24N6O2/c1-32-24(31)19-7-8-22-21(13-19)23(26-17-25-22)29-11-9-28(10-12-29)15-18-14-27-30(16-18)20-5-3-2-4-6-20/h2-8,13-14,16-17H,9-12,15H2,1H3. The molecule has 0 bridgehead atoms. The fraction of sp³-hybridized carbons (Fsp3) is 0.250. The number of piperazine rings is 1. The molecule has 1 aliphatic heterocycles. The molecule has 0 radical (unpaired) electrons. The van der Waals surface area contributed by atoms with Crippen LogP contribution >= 0.6 is 0 Å². The molecule has 0 atom stereocenters. The van der Waals surface area contributed by atoms with Gasteiger partial charge in [-0.2, -0.15) is 5.10 Å². The molecule has 1 saturated heterocycles. The second-order valence-electron chi connectivity index (χ2n) is 7.81. The third kappa shape index (κ3) is 4.04. The van der Waals surface area contributed by atoms with E-state index in [0.717, 1.165) is 55.1 Å². The predicted octanol–water partition coefficient (Wildman–Crippen LogP) is 2.92. The smallest absolute Gasteiger partial charge is 0.337 e. The van der Waals surface area contributed by atoms with Crippen molar-refractivity contribution in [3.63, 3.8) is 0 Å². The highest BCUT2D eigenvalue weighted by Gasteiger charge is 2.21. The highest BCUT2D eigenvalue weighted by atomic mass is 16.5. The number of methoxy groups -OCH3 is 1. The summed E-state index contributed by atoms with van der Waals surface area (Å²) in [6.45, 7) is 4.39. The number of hydrogen-bond donors (Lipinski definition) is 0. The summed E-state index contributed by atoms with van der Waals surface area (Å²) in [5.74, 6) is 0.500. The van der Waals surface area contributed by atoms with Crippen molar-refractivity contribution < 1.29 is 9.53 Å². The molecular formula is C24H24N6O2. The minimum absolute atomic E-state index is 0.359. The molecule has 162 valence electrons. The second-order valence-corrected chi connectivity index (χ2v) is 7.81. The number of carbonyl (C=O) groups excluding carboxylic acids is 1. The Bertz CT molecular complexity index is 1230. The van der Waals surface area contributed by atoms with Gasteiger partial charge in [0.1, 0.15) is 12.1 Å². The van der Waals surface area contributed by atoms with Crippen LogP contribution in [0.1, 0.15) is 15.9 Å². The third-order valence-corrected chi connectivity index (χ3v) is 5.77. The highest BCUT2D eigenvalue weighted by molar-refractivity contribution is 5.98. The van der Waals surface area contributed by atoms with Crippen LogP contribution < -0.4 is 4.90 Å². The predicted molar refractivity (Wildman–Crippen MR) is 122 cm³/mol. The molecular weight excluding hydrogens is 404 g/mol. The summed E-state index contributed by atoms with van der Waals surface area (Å²) in [5, 5.41) is 5.37. The minimum atomic E-state index is -0.359. The van der Waals surface area contributed by atoms with E-state index in [1.54, 1.807) is 12.4 Å². The molecule has 3 heterocycles. The largest absolute Gasteiger partial charge is 0.465 e. The summed E-state index contributed by atoms with van der Waals surface area (Å²) in [7, 11) is 1.39. The monoisotopic (exact) mass is 428 g/mol. The van der Waals surface area contributed by atoms with Crippen molar-refractivity contribution in [2.24, 2.45) is 0 Å². The van der Waals surface area contributed by atoms with Gasteiger partial charge in [-0.25, -0.2) is 19.4 Å². The van der Waals surface area contributed by atoms with Crippen molar-refractivity contribution in [1.82, 2.24) is 24.6 Å². The summed E-state index contributed by atoms with van der Waals surface area (Å²) in [6, 6.07) is 15.5. The molecule has 5 rings (SSSR count). The highest BCUT2D eigenvalue weighted by Crippen LogP contribution is 2.25. The van der Waals surface area contributed by atoms with Crippen LogP contribution in [0.25, 0.3) is 16.6 Å². The number of para-hydroxylation sites is 1. The fourth-order valence-corrected chi connectivity index (χ4v) is 4.08. The Hall–Kier alpha value is -3.78. The van der Waals surface area contributed by atoms with Crippen LogP contribution in [0, 0.1) is 0 Å². The molecule has 0 amide bonds. The molecule has 1 aliphatic rings. The first-order chi connectivity index (χ1) is 15.7. The van der Waals surface area contributed by atoms with Gasteiger partial charge >= 0.3 is 5.97 Å². The first kappa shape index (κ1) is 20.1. The zero-order valence-corrected chi connectivity index (χ0v) is 17.9. The fourth-order valence-electron chi connectivity index (χ4n) is 4.08. The van der Waals surface area contributed by atoms with Crippen LogP contribution in [0.5, 0.6) is 0 Å². The Morgan fingerprint density at radius 2 is 1.84 bits per heavy atom. The molecule has 2 aromatic heterocycles. The van der Waals surface area contributed by atoms with Gasteiger partial charge in [-0.3, -0.25) is 4.90 Å². The number of esters is 1. The summed E-state index contributed by atoms with van der Waals surface area (Å²) in [4.78, 5) is 25.5. The summed E-state index contributed by atoms with van der Waals surface area (Å²) in [5.41, 5.74) is 3.58. The van der Waals surface area contributed by atoms with Crippen molar-refractivity contribution >= 4 is 22.7 Å². The Kier molecular flexibility index (Phi) is 5.51. The number of fused-ring (bicyclic) bond motifs is 1. The van der Waals surface area contributed by atoms with Crippen molar-refractivity contribution in [2.45, 2.75) is 6.54 Å². The van der Waals surface area contributed by atoms with Crippen LogP contribution in [0.4, 0.5) is 5.82 Å². The van der Waals surface area contributed by atoms with E-state index in [-0.39, 0.29) is 5.97 Å². The van der Waals surface area contributed by atoms with Crippen LogP contribution in [-0.4, -0.2) is 63.9 Å². The van der Waals surface area contributed by atoms with E-state index < -0.39 is 0 Å². The van der Waals surface area contributed by atoms with Gasteiger partial charge in [-0.1, -0.05) is 18.2 Å². The number of aromatic nitrogens is 4. The quantitative estimate of drug-likeness (QED) is 0.453. The molecule has 8 nitrogen and oxygen atoms in total. The molecule has 0 saturated carbocycles. The molecule has 32 heavy (non-hydrogen) atoms. The maximum atomic E-state index is 12.0. The van der Waals surface area contributed by atoms with Gasteiger partial charge in [0.05, 0.1) is 30.1 Å². The van der Waals surface area contributed by atoms with E-state index in [1.165, 1.54) is 12.7 Å². The maximum absolute atomic E-state index is 12.0. The van der Waals surface area contributed by atoms with Crippen molar-refractivity contribution in [3.8, 4) is 5.69 Å². The average molecular weight is 428 g/mol. The van der Waals surface area contributed by atoms with Crippen LogP contribution in [0.15, 0.2) is 67.3 Å². The third-order valence-electron chi connectivity index (χ3n) is 5.77. The second kappa shape index (κ2) is 8.76. The zero-order chi connectivity index (χ0) is 21.9. The summed E-state index contributed by atoms with van der Waals surface area (Å²) in [6.07, 6.45) is 5.61. The zero-order valence-electron chi connectivity index (χ0n) is 17.9. The molecule has 2 aromatic carbocycles. The molecule has 0 spiro atoms. The van der Waals surface area contributed by atoms with Gasteiger partial charge in [0.25, 0.3) is 0 Å². The number of nitrogens with zero attached hydrogens (tertiary/aromatic N) is 6. The molecule has 8 heteroatoms. The molecule has 0 N–H and O–H groups in total. The number of benzene rings is 2. The van der Waals surface area contributed by atoms with E-state index in [0.29, 0.717) is 5.56 Å². The first-order valence-corrected chi connectivity index (χ1v) is 10.6. The number of anilines is 1. The number of carbonyl (C=O) groups is 1. The molecule has 1 fully saturated rings. The van der Waals surface area contributed by atoms with Crippen molar-refractivity contribution in [3.05, 3.63) is 78.4 Å². The lowest BCUT2D eigenvalue weighted by molar-refractivity contribution is 0.0601. The van der Waals surface area contributed by atoms with Gasteiger partial charge in [0.15, 0.2) is 0 Å². The van der Waals surface area contributed by atoms with E-state index in [1.807, 2.05) is 53.3 Å². The average Bonchev–Trinajstić information content (AvgIpc) is 3.32. The van der Waals surface area contributed by atoms with Crippen LogP contribution in [0.3, 0.4) is 0 Å². The summed E-state index contributed by atoms with van der Waals surface area (Å²) >= 11 is 0. The number of rotatable bonds is 5. The normalized spacial score (nSPS) is 14.6. The van der Waals surface area contributed by atoms with E-state index in [4.69, 9.17) is 4.74 Å². The van der Waals surface area contributed by atoms with Gasteiger partial charge in [-0.05, 0) is 30.3 Å². The van der Waals surface area contributed by atoms with Crippen LogP contribution in [-0.2, 0) is 11.3 Å². The van der Waals surface area contributed by atoms with Crippen LogP contribution in [0.2, 0.25) is 0 Å². The van der Waals surface area contributed by atoms with E-state index >= 15 is 0 Å². The Morgan fingerprint density at radius 1 is 1.03 bits per heavy atom. The Balaban J connectivity index is 1.27. The first-order valence-electron chi connectivity index (χ1n) is 10.6. The molecule has 4 aromatic rings. The van der Waals surface area contributed by atoms with Gasteiger partial charge in [0.2, 0.25) is 0 Å². The molecule has 0 unspecified atom stereocenters. The van der Waals surface area contributed by atoms with Gasteiger partial charge < -0.3 is 9.64 Å². The van der Waals surface area contributed by atoms with E-state index in [9.17, 15) is 4.79 Å². The minimum Gasteiger partial charge on any atom is -0.465 e. The Labute approximate surface area is 186 Å². The van der Waals surface area contributed by atoms with Gasteiger partial charge in [0, 0.05) is 49.9 Å². The lowest BCUT2D eigenvalue weighted by Crippen LogP contribution is -2.46. The SMILES string of the molecule is COC(=O)c1ccc2ncnc(N3CCN(Cc4cnn(-c5ccccc5)c4)CC3)c2c1. The Morgan fingerprint density at radius 3 is 2.62 bits per heavy atom. The topological polar surface area (TPSA) is 76.4 Å². The number of ether oxygens (including phenoxy) is 1. The summed E-state index contributed by atoms with van der Waals surface area (Å²) < 4.78 is 6.78. The number of hydrogen-bond acceptors (Lipinski definition) is 7. The lowest BCUT2D eigenvalue weighted by Gasteiger charge is -2.35. The maximum Gasteiger partial charge on any atom is 0.337 e. The van der Waals surface area contributed by atoms with Crippen molar-refractivity contribution in [1.29, 1.82) is 0 Å². The van der Waals surface area contributed by atoms with Crippen molar-refractivity contribution in [2.75, 3.05) is 38.2 Å². The van der Waals surface area contributed by atoms with Gasteiger partial charge in [-0.15, -0.1) is 0 Å². The van der Waals surface area contributed by atoms with E-state index in [2.05, 4.69) is 31.1 Å². The lowest BCUT2D eigenvalue weighted by atomic mass is 10.1. The molecule has 0 aliphatic carbocycles.